The van der Waals surface area contributed by atoms with Gasteiger partial charge in [-0.05, 0) is 37.5 Å². The molecule has 2 aromatic carbocycles. The Balaban J connectivity index is 1.57. The quantitative estimate of drug-likeness (QED) is 0.457. The average Bonchev–Trinajstić information content (AvgIpc) is 3.06. The summed E-state index contributed by atoms with van der Waals surface area (Å²) in [6, 6.07) is 14.3. The zero-order valence-electron chi connectivity index (χ0n) is 15.1. The Morgan fingerprint density at radius 3 is 2.46 bits per heavy atom. The van der Waals surface area contributed by atoms with Gasteiger partial charge in [-0.3, -0.25) is 4.79 Å². The summed E-state index contributed by atoms with van der Waals surface area (Å²) >= 11 is 2.92. The van der Waals surface area contributed by atoms with Crippen LogP contribution in [0.2, 0.25) is 0 Å². The number of ketones is 1. The van der Waals surface area contributed by atoms with Crippen molar-refractivity contribution >= 4 is 34.0 Å². The van der Waals surface area contributed by atoms with Crippen LogP contribution in [0.5, 0.6) is 0 Å². The van der Waals surface area contributed by atoms with Gasteiger partial charge >= 0.3 is 0 Å². The summed E-state index contributed by atoms with van der Waals surface area (Å²) in [6.07, 6.45) is 0. The number of aryl methyl sites for hydroxylation is 3. The molecule has 0 fully saturated rings. The number of carbonyl (C=O) groups excluding carboxylic acids is 1. The summed E-state index contributed by atoms with van der Waals surface area (Å²) < 4.78 is 0.802. The summed E-state index contributed by atoms with van der Waals surface area (Å²) in [4.78, 5) is 12.6. The van der Waals surface area contributed by atoms with Gasteiger partial charge in [0.25, 0.3) is 0 Å². The highest BCUT2D eigenvalue weighted by Gasteiger charge is 2.14. The van der Waals surface area contributed by atoms with Gasteiger partial charge in [-0.15, -0.1) is 10.2 Å². The van der Waals surface area contributed by atoms with Crippen molar-refractivity contribution in [1.29, 1.82) is 0 Å². The number of rotatable bonds is 7. The van der Waals surface area contributed by atoms with E-state index < -0.39 is 0 Å². The second-order valence-electron chi connectivity index (χ2n) is 6.20. The molecule has 0 aliphatic carbocycles. The highest BCUT2D eigenvalue weighted by molar-refractivity contribution is 8.01. The fourth-order valence-corrected chi connectivity index (χ4v) is 4.55. The molecule has 6 heteroatoms. The number of Topliss-reactive ketones (excluding diaryl/α,β-unsaturated/α-hetero) is 1. The van der Waals surface area contributed by atoms with Crippen LogP contribution in [0.25, 0.3) is 0 Å². The van der Waals surface area contributed by atoms with Crippen molar-refractivity contribution in [2.45, 2.75) is 31.7 Å². The minimum atomic E-state index is 0.138. The molecule has 1 N–H and O–H groups in total. The first-order valence-corrected chi connectivity index (χ1v) is 10.2. The Morgan fingerprint density at radius 2 is 1.77 bits per heavy atom. The number of benzene rings is 2. The minimum absolute atomic E-state index is 0.138. The van der Waals surface area contributed by atoms with Crippen molar-refractivity contribution in [3.05, 3.63) is 70.3 Å². The summed E-state index contributed by atoms with van der Waals surface area (Å²) in [5.74, 6) is 0.511. The monoisotopic (exact) mass is 383 g/mol. The molecule has 0 bridgehead atoms. The molecule has 0 aliphatic rings. The lowest BCUT2D eigenvalue weighted by Crippen LogP contribution is -2.07. The number of hydrogen-bond donors (Lipinski definition) is 1. The van der Waals surface area contributed by atoms with Gasteiger partial charge in [-0.2, -0.15) is 0 Å². The molecule has 0 spiro atoms. The maximum atomic E-state index is 12.6. The van der Waals surface area contributed by atoms with E-state index in [0.29, 0.717) is 12.3 Å². The van der Waals surface area contributed by atoms with Gasteiger partial charge in [0.05, 0.1) is 5.75 Å². The highest BCUT2D eigenvalue weighted by atomic mass is 32.2. The number of nitrogens with zero attached hydrogens (tertiary/aromatic N) is 2. The molecule has 1 heterocycles. The Morgan fingerprint density at radius 1 is 1.08 bits per heavy atom. The fourth-order valence-electron chi connectivity index (χ4n) is 2.93. The van der Waals surface area contributed by atoms with E-state index in [-0.39, 0.29) is 5.78 Å². The third-order valence-electron chi connectivity index (χ3n) is 3.98. The van der Waals surface area contributed by atoms with E-state index >= 15 is 0 Å². The van der Waals surface area contributed by atoms with Crippen molar-refractivity contribution in [2.75, 3.05) is 11.1 Å². The van der Waals surface area contributed by atoms with Gasteiger partial charge in [-0.1, -0.05) is 71.1 Å². The molecule has 1 aromatic heterocycles. The number of anilines is 1. The number of carbonyl (C=O) groups is 1. The molecule has 134 valence electrons. The second-order valence-corrected chi connectivity index (χ2v) is 8.40. The number of thioether (sulfide) groups is 1. The van der Waals surface area contributed by atoms with Crippen LogP contribution in [-0.4, -0.2) is 21.7 Å². The van der Waals surface area contributed by atoms with Crippen molar-refractivity contribution < 1.29 is 4.79 Å². The predicted molar refractivity (Wildman–Crippen MR) is 109 cm³/mol. The molecule has 0 aliphatic heterocycles. The lowest BCUT2D eigenvalue weighted by atomic mass is 9.97. The van der Waals surface area contributed by atoms with Crippen LogP contribution in [0, 0.1) is 20.8 Å². The van der Waals surface area contributed by atoms with Crippen LogP contribution in [0.4, 0.5) is 5.13 Å². The Bertz CT molecular complexity index is 883. The van der Waals surface area contributed by atoms with Gasteiger partial charge < -0.3 is 5.32 Å². The van der Waals surface area contributed by atoms with E-state index in [4.69, 9.17) is 0 Å². The first kappa shape index (κ1) is 18.6. The second kappa shape index (κ2) is 8.47. The molecular weight excluding hydrogens is 362 g/mol. The standard InChI is InChI=1S/C20H21N3OS2/c1-13-9-14(2)18(15(3)10-13)17(24)12-25-20-23-22-19(26-20)21-11-16-7-5-4-6-8-16/h4-10H,11-12H2,1-3H3,(H,21,22). The molecule has 0 saturated heterocycles. The lowest BCUT2D eigenvalue weighted by Gasteiger charge is -2.09. The van der Waals surface area contributed by atoms with E-state index in [9.17, 15) is 4.79 Å². The Kier molecular flexibility index (Phi) is 6.06. The van der Waals surface area contributed by atoms with Crippen LogP contribution in [0.1, 0.15) is 32.6 Å². The molecule has 0 amide bonds. The summed E-state index contributed by atoms with van der Waals surface area (Å²) in [5, 5.41) is 12.4. The van der Waals surface area contributed by atoms with Gasteiger partial charge in [0.15, 0.2) is 10.1 Å². The van der Waals surface area contributed by atoms with Gasteiger partial charge in [0.2, 0.25) is 5.13 Å². The molecule has 4 nitrogen and oxygen atoms in total. The van der Waals surface area contributed by atoms with E-state index in [1.54, 1.807) is 0 Å². The van der Waals surface area contributed by atoms with Gasteiger partial charge in [-0.25, -0.2) is 0 Å². The average molecular weight is 384 g/mol. The van der Waals surface area contributed by atoms with Gasteiger partial charge in [0.1, 0.15) is 0 Å². The predicted octanol–water partition coefficient (Wildman–Crippen LogP) is 5.05. The normalized spacial score (nSPS) is 10.7. The SMILES string of the molecule is Cc1cc(C)c(C(=O)CSc2nnc(NCc3ccccc3)s2)c(C)c1. The molecule has 3 rings (SSSR count). The molecule has 0 atom stereocenters. The number of aromatic nitrogens is 2. The highest BCUT2D eigenvalue weighted by Crippen LogP contribution is 2.27. The van der Waals surface area contributed by atoms with E-state index in [2.05, 4.69) is 39.8 Å². The minimum Gasteiger partial charge on any atom is -0.356 e. The van der Waals surface area contributed by atoms with Crippen LogP contribution in [-0.2, 0) is 6.54 Å². The molecule has 0 unspecified atom stereocenters. The van der Waals surface area contributed by atoms with Crippen molar-refractivity contribution in [3.63, 3.8) is 0 Å². The molecule has 0 saturated carbocycles. The third-order valence-corrected chi connectivity index (χ3v) is 5.99. The van der Waals surface area contributed by atoms with Crippen LogP contribution >= 0.6 is 23.1 Å². The molecule has 0 radical (unpaired) electrons. The first-order valence-electron chi connectivity index (χ1n) is 8.38. The largest absolute Gasteiger partial charge is 0.356 e. The molecule has 26 heavy (non-hydrogen) atoms. The van der Waals surface area contributed by atoms with Crippen LogP contribution in [0.3, 0.4) is 0 Å². The maximum Gasteiger partial charge on any atom is 0.206 e. The van der Waals surface area contributed by atoms with E-state index in [1.807, 2.05) is 39.0 Å². The van der Waals surface area contributed by atoms with Gasteiger partial charge in [0, 0.05) is 12.1 Å². The van der Waals surface area contributed by atoms with Crippen molar-refractivity contribution in [3.8, 4) is 0 Å². The van der Waals surface area contributed by atoms with E-state index in [1.165, 1.54) is 34.2 Å². The lowest BCUT2D eigenvalue weighted by molar-refractivity contribution is 0.102. The van der Waals surface area contributed by atoms with E-state index in [0.717, 1.165) is 26.2 Å². The van der Waals surface area contributed by atoms with Crippen molar-refractivity contribution in [2.24, 2.45) is 0 Å². The van der Waals surface area contributed by atoms with Crippen molar-refractivity contribution in [1.82, 2.24) is 10.2 Å². The van der Waals surface area contributed by atoms with Crippen LogP contribution in [0.15, 0.2) is 46.8 Å². The summed E-state index contributed by atoms with van der Waals surface area (Å²) in [6.45, 7) is 6.75. The number of hydrogen-bond acceptors (Lipinski definition) is 6. The molecule has 3 aromatic rings. The fraction of sp³-hybridized carbons (Fsp3) is 0.250. The Labute approximate surface area is 162 Å². The summed E-state index contributed by atoms with van der Waals surface area (Å²) in [7, 11) is 0. The van der Waals surface area contributed by atoms with Crippen LogP contribution < -0.4 is 5.32 Å². The zero-order valence-corrected chi connectivity index (χ0v) is 16.7. The topological polar surface area (TPSA) is 54.9 Å². The third kappa shape index (κ3) is 4.71. The smallest absolute Gasteiger partial charge is 0.206 e. The zero-order chi connectivity index (χ0) is 18.5. The summed E-state index contributed by atoms with van der Waals surface area (Å²) in [5.41, 5.74) is 5.28. The maximum absolute atomic E-state index is 12.6. The number of nitrogens with one attached hydrogen (secondary N) is 1. The molecular formula is C20H21N3OS2. The first-order chi connectivity index (χ1) is 12.5. The Hall–Kier alpha value is -2.18.